The van der Waals surface area contributed by atoms with Gasteiger partial charge in [-0.2, -0.15) is 0 Å². The molecule has 0 atom stereocenters. The fraction of sp³-hybridized carbons (Fsp3) is 0.514. The number of halogens is 3. The molecule has 0 aliphatic heterocycles. The molecule has 3 fully saturated rings. The SMILES string of the molecule is NC1CCCC1.O=C(CCl)NC1CCCC1.O=C(CSc1nc2ccccc2s1)NC1CCCC1.O=C(Cl)CCl.[Na+].[S-]c1nc2ccccc2s1. The maximum Gasteiger partial charge on any atom is 1.00 e. The molecule has 2 heterocycles. The number of fused-ring (bicyclic) bond motifs is 2. The number of aromatic nitrogens is 2. The number of benzene rings is 2. The maximum absolute atomic E-state index is 11.8. The number of hydrogen-bond donors (Lipinski definition) is 3. The molecule has 0 saturated heterocycles. The first-order chi connectivity index (χ1) is 24.2. The largest absolute Gasteiger partial charge is 1.00 e. The minimum Gasteiger partial charge on any atom is -0.408 e. The summed E-state index contributed by atoms with van der Waals surface area (Å²) in [5.41, 5.74) is 7.57. The zero-order chi connectivity index (χ0) is 36.1. The summed E-state index contributed by atoms with van der Waals surface area (Å²) in [6.45, 7) is 0. The van der Waals surface area contributed by atoms with Crippen LogP contribution in [0.5, 0.6) is 0 Å². The summed E-state index contributed by atoms with van der Waals surface area (Å²) in [7, 11) is 0. The van der Waals surface area contributed by atoms with Crippen molar-refractivity contribution in [2.45, 2.75) is 104 Å². The van der Waals surface area contributed by atoms with Crippen molar-refractivity contribution in [3.8, 4) is 0 Å². The Balaban J connectivity index is 0.000000241. The van der Waals surface area contributed by atoms with Crippen LogP contribution in [0, 0.1) is 0 Å². The Morgan fingerprint density at radius 2 is 1.20 bits per heavy atom. The van der Waals surface area contributed by atoms with Crippen LogP contribution in [0.15, 0.2) is 57.2 Å². The average Bonchev–Trinajstić information content (AvgIpc) is 3.96. The fourth-order valence-corrected chi connectivity index (χ4v) is 8.55. The van der Waals surface area contributed by atoms with Crippen LogP contribution >= 0.6 is 69.2 Å². The smallest absolute Gasteiger partial charge is 0.408 e. The quantitative estimate of drug-likeness (QED) is 0.0700. The third-order valence-corrected chi connectivity index (χ3v) is 12.0. The number of nitrogens with one attached hydrogen (secondary N) is 2. The van der Waals surface area contributed by atoms with E-state index < -0.39 is 5.24 Å². The van der Waals surface area contributed by atoms with Crippen LogP contribution in [0.1, 0.15) is 77.0 Å². The molecule has 3 aliphatic rings. The third-order valence-electron chi connectivity index (χ3n) is 7.94. The van der Waals surface area contributed by atoms with E-state index in [9.17, 15) is 14.4 Å². The third kappa shape index (κ3) is 19.4. The van der Waals surface area contributed by atoms with E-state index in [0.717, 1.165) is 45.4 Å². The number of amides is 2. The summed E-state index contributed by atoms with van der Waals surface area (Å²) in [5, 5.41) is 5.45. The molecule has 0 bridgehead atoms. The Bertz CT molecular complexity index is 1530. The van der Waals surface area contributed by atoms with E-state index >= 15 is 0 Å². The molecule has 51 heavy (non-hydrogen) atoms. The van der Waals surface area contributed by atoms with Crippen LogP contribution in [0.25, 0.3) is 20.4 Å². The van der Waals surface area contributed by atoms with Gasteiger partial charge in [-0.3, -0.25) is 19.4 Å². The molecular weight excluding hydrogens is 796 g/mol. The average molecular weight is 841 g/mol. The van der Waals surface area contributed by atoms with Gasteiger partial charge in [0.15, 0.2) is 4.34 Å². The topological polar surface area (TPSA) is 127 Å². The zero-order valence-electron chi connectivity index (χ0n) is 28.9. The molecule has 16 heteroatoms. The number of para-hydroxylation sites is 2. The van der Waals surface area contributed by atoms with Crippen molar-refractivity contribution in [3.05, 3.63) is 48.5 Å². The van der Waals surface area contributed by atoms with Crippen LogP contribution in [-0.4, -0.2) is 62.7 Å². The monoisotopic (exact) mass is 839 g/mol. The van der Waals surface area contributed by atoms with Gasteiger partial charge in [-0.05, 0) is 77.4 Å². The predicted molar refractivity (Wildman–Crippen MR) is 215 cm³/mol. The predicted octanol–water partition coefficient (Wildman–Crippen LogP) is 5.82. The number of alkyl halides is 2. The molecule has 2 aromatic heterocycles. The summed E-state index contributed by atoms with van der Waals surface area (Å²) < 4.78 is 4.05. The Morgan fingerprint density at radius 3 is 1.63 bits per heavy atom. The molecule has 7 rings (SSSR count). The minimum atomic E-state index is -0.508. The second-order valence-electron chi connectivity index (χ2n) is 11.9. The molecule has 2 aromatic carbocycles. The van der Waals surface area contributed by atoms with Crippen molar-refractivity contribution >= 4 is 119 Å². The van der Waals surface area contributed by atoms with Crippen molar-refractivity contribution in [3.63, 3.8) is 0 Å². The number of thiazole rings is 2. The normalized spacial score (nSPS) is 15.5. The summed E-state index contributed by atoms with van der Waals surface area (Å²) in [4.78, 5) is 40.7. The van der Waals surface area contributed by atoms with E-state index in [0.29, 0.717) is 23.9 Å². The van der Waals surface area contributed by atoms with Gasteiger partial charge < -0.3 is 40.3 Å². The number of carbonyl (C=O) groups is 3. The summed E-state index contributed by atoms with van der Waals surface area (Å²) in [5.74, 6) is 0.568. The van der Waals surface area contributed by atoms with Gasteiger partial charge in [0.05, 0.1) is 27.4 Å². The van der Waals surface area contributed by atoms with Crippen LogP contribution in [-0.2, 0) is 27.0 Å². The number of rotatable bonds is 7. The number of carbonyl (C=O) groups excluding carboxylic acids is 3. The number of nitrogens with two attached hydrogens (primary N) is 1. The van der Waals surface area contributed by atoms with Crippen molar-refractivity contribution in [2.75, 3.05) is 17.5 Å². The van der Waals surface area contributed by atoms with Gasteiger partial charge in [0.1, 0.15) is 5.88 Å². The molecular formula is C35H45Cl3N5NaO3S4. The molecule has 274 valence electrons. The Labute approximate surface area is 356 Å². The Morgan fingerprint density at radius 1 is 0.745 bits per heavy atom. The van der Waals surface area contributed by atoms with Crippen LogP contribution in [0.2, 0.25) is 0 Å². The molecule has 4 aromatic rings. The van der Waals surface area contributed by atoms with Crippen molar-refractivity contribution < 1.29 is 43.9 Å². The fourth-order valence-electron chi connectivity index (χ4n) is 5.52. The molecule has 3 aliphatic carbocycles. The second kappa shape index (κ2) is 26.9. The van der Waals surface area contributed by atoms with Crippen LogP contribution < -0.4 is 45.9 Å². The van der Waals surface area contributed by atoms with Gasteiger partial charge in [0.2, 0.25) is 17.1 Å². The Kier molecular flexibility index (Phi) is 24.5. The summed E-state index contributed by atoms with van der Waals surface area (Å²) in [6.07, 6.45) is 14.8. The number of hydrogen-bond acceptors (Lipinski definition) is 10. The summed E-state index contributed by atoms with van der Waals surface area (Å²) >= 11 is 24.5. The van der Waals surface area contributed by atoms with Crippen LogP contribution in [0.3, 0.4) is 0 Å². The molecule has 4 N–H and O–H groups in total. The molecule has 0 spiro atoms. The molecule has 2 amide bonds. The van der Waals surface area contributed by atoms with Crippen molar-refractivity contribution in [2.24, 2.45) is 5.73 Å². The van der Waals surface area contributed by atoms with Crippen LogP contribution in [0.4, 0.5) is 0 Å². The van der Waals surface area contributed by atoms with Gasteiger partial charge in [-0.1, -0.05) is 80.6 Å². The van der Waals surface area contributed by atoms with E-state index in [2.05, 4.69) is 26.7 Å². The maximum atomic E-state index is 11.8. The van der Waals surface area contributed by atoms with Gasteiger partial charge in [-0.15, -0.1) is 34.5 Å². The Hall–Kier alpha value is -0.770. The number of thioether (sulfide) groups is 1. The zero-order valence-corrected chi connectivity index (χ0v) is 36.5. The first kappa shape index (κ1) is 46.4. The van der Waals surface area contributed by atoms with Gasteiger partial charge in [0.25, 0.3) is 0 Å². The standard InChI is InChI=1S/C14H16N2OS2.C7H12ClNO.C7H5NS2.C5H11N.C2H2Cl2O.Na/c17-13(15-10-5-1-2-6-10)9-18-14-16-11-7-3-4-8-12(11)19-14;8-5-7(10)9-6-3-1-2-4-6;9-7-8-5-3-1-2-4-6(5)10-7;6-5-3-1-2-4-5;3-1-2(4)5;/h3-4,7-8,10H,1-2,5-6,9H2,(H,15,17);6H,1-5H2,(H,9,10);1-4H,(H,8,9);5H,1-4,6H2;1H2;/q;;;;;+1/p-1. The van der Waals surface area contributed by atoms with E-state index in [1.54, 1.807) is 22.7 Å². The second-order valence-corrected chi connectivity index (χ2v) is 16.8. The van der Waals surface area contributed by atoms with E-state index in [4.69, 9.17) is 53.2 Å². The van der Waals surface area contributed by atoms with Gasteiger partial charge in [-0.25, -0.2) is 4.98 Å². The van der Waals surface area contributed by atoms with E-state index in [1.165, 1.54) is 72.5 Å². The molecule has 0 radical (unpaired) electrons. The first-order valence-corrected chi connectivity index (χ1v) is 21.3. The van der Waals surface area contributed by atoms with Gasteiger partial charge in [0, 0.05) is 18.1 Å². The minimum absolute atomic E-state index is 0. The first-order valence-electron chi connectivity index (χ1n) is 16.8. The summed E-state index contributed by atoms with van der Waals surface area (Å²) in [6, 6.07) is 17.4. The van der Waals surface area contributed by atoms with Crippen molar-refractivity contribution in [1.29, 1.82) is 0 Å². The van der Waals surface area contributed by atoms with Gasteiger partial charge >= 0.3 is 29.6 Å². The molecule has 8 nitrogen and oxygen atoms in total. The van der Waals surface area contributed by atoms with E-state index in [-0.39, 0.29) is 53.1 Å². The number of nitrogens with zero attached hydrogens (tertiary/aromatic N) is 2. The molecule has 0 unspecified atom stereocenters. The van der Waals surface area contributed by atoms with E-state index in [1.807, 2.05) is 42.5 Å². The molecule has 3 saturated carbocycles. The van der Waals surface area contributed by atoms with Crippen molar-refractivity contribution in [1.82, 2.24) is 20.6 Å².